The van der Waals surface area contributed by atoms with Gasteiger partial charge in [-0.2, -0.15) is 11.8 Å². The highest BCUT2D eigenvalue weighted by molar-refractivity contribution is 7.99. The van der Waals surface area contributed by atoms with Crippen molar-refractivity contribution in [3.05, 3.63) is 35.9 Å². The van der Waals surface area contributed by atoms with Gasteiger partial charge >= 0.3 is 0 Å². The largest absolute Gasteiger partial charge is 0.396 e. The first-order valence-corrected chi connectivity index (χ1v) is 6.47. The zero-order valence-corrected chi connectivity index (χ0v) is 10.0. The van der Waals surface area contributed by atoms with E-state index in [1.54, 1.807) is 11.8 Å². The van der Waals surface area contributed by atoms with E-state index in [0.29, 0.717) is 12.3 Å². The molecule has 0 bridgehead atoms. The number of hydrogen-bond donors (Lipinski definition) is 2. The Labute approximate surface area is 100 Å². The van der Waals surface area contributed by atoms with E-state index < -0.39 is 0 Å². The van der Waals surface area contributed by atoms with Crippen LogP contribution >= 0.6 is 11.8 Å². The zero-order valence-electron chi connectivity index (χ0n) is 9.19. The van der Waals surface area contributed by atoms with E-state index in [1.165, 1.54) is 0 Å². The Hall–Kier alpha value is -1.00. The SMILES string of the molecule is O=C(CSCCCO)NCc1ccccc1. The Kier molecular flexibility index (Phi) is 6.69. The minimum atomic E-state index is 0.0480. The van der Waals surface area contributed by atoms with Gasteiger partial charge in [0, 0.05) is 13.2 Å². The Bertz CT molecular complexity index is 303. The number of nitrogens with one attached hydrogen (secondary N) is 1. The Morgan fingerprint density at radius 3 is 2.75 bits per heavy atom. The van der Waals surface area contributed by atoms with Crippen LogP contribution < -0.4 is 5.32 Å². The molecule has 0 saturated heterocycles. The Morgan fingerprint density at radius 2 is 2.06 bits per heavy atom. The van der Waals surface area contributed by atoms with Gasteiger partial charge in [-0.3, -0.25) is 4.79 Å². The van der Waals surface area contributed by atoms with E-state index in [4.69, 9.17) is 5.11 Å². The summed E-state index contributed by atoms with van der Waals surface area (Å²) >= 11 is 1.55. The van der Waals surface area contributed by atoms with Gasteiger partial charge in [0.2, 0.25) is 5.91 Å². The van der Waals surface area contributed by atoms with Gasteiger partial charge < -0.3 is 10.4 Å². The topological polar surface area (TPSA) is 49.3 Å². The van der Waals surface area contributed by atoms with Crippen molar-refractivity contribution in [1.29, 1.82) is 0 Å². The molecule has 3 nitrogen and oxygen atoms in total. The molecule has 2 N–H and O–H groups in total. The molecule has 0 radical (unpaired) electrons. The van der Waals surface area contributed by atoms with Crippen LogP contribution in [0.3, 0.4) is 0 Å². The normalized spacial score (nSPS) is 10.1. The van der Waals surface area contributed by atoms with Crippen LogP contribution in [0.5, 0.6) is 0 Å². The molecule has 1 aromatic rings. The molecule has 0 fully saturated rings. The zero-order chi connectivity index (χ0) is 11.6. The molecule has 1 amide bonds. The van der Waals surface area contributed by atoms with E-state index >= 15 is 0 Å². The van der Waals surface area contributed by atoms with Crippen molar-refractivity contribution in [2.24, 2.45) is 0 Å². The molecule has 0 spiro atoms. The molecule has 0 saturated carbocycles. The third-order valence-electron chi connectivity index (χ3n) is 2.01. The first kappa shape index (κ1) is 13.1. The van der Waals surface area contributed by atoms with Gasteiger partial charge in [0.1, 0.15) is 0 Å². The quantitative estimate of drug-likeness (QED) is 0.707. The molecule has 16 heavy (non-hydrogen) atoms. The van der Waals surface area contributed by atoms with Crippen molar-refractivity contribution in [2.75, 3.05) is 18.1 Å². The molecule has 0 atom stereocenters. The predicted octanol–water partition coefficient (Wildman–Crippen LogP) is 1.42. The molecular formula is C12H17NO2S. The molecule has 1 aromatic carbocycles. The van der Waals surface area contributed by atoms with E-state index in [1.807, 2.05) is 30.3 Å². The maximum absolute atomic E-state index is 11.4. The average Bonchev–Trinajstić information content (AvgIpc) is 2.33. The summed E-state index contributed by atoms with van der Waals surface area (Å²) < 4.78 is 0. The molecule has 0 heterocycles. The maximum atomic E-state index is 11.4. The lowest BCUT2D eigenvalue weighted by Gasteiger charge is -2.04. The van der Waals surface area contributed by atoms with Crippen LogP contribution in [-0.4, -0.2) is 29.1 Å². The molecule has 0 aromatic heterocycles. The molecule has 88 valence electrons. The summed E-state index contributed by atoms with van der Waals surface area (Å²) in [5.41, 5.74) is 1.11. The highest BCUT2D eigenvalue weighted by Gasteiger charge is 2.00. The summed E-state index contributed by atoms with van der Waals surface area (Å²) in [6.45, 7) is 0.777. The number of carbonyl (C=O) groups excluding carboxylic acids is 1. The number of aliphatic hydroxyl groups excluding tert-OH is 1. The first-order valence-electron chi connectivity index (χ1n) is 5.32. The molecule has 0 unspecified atom stereocenters. The second-order valence-corrected chi connectivity index (χ2v) is 4.50. The van der Waals surface area contributed by atoms with Crippen molar-refractivity contribution in [2.45, 2.75) is 13.0 Å². The molecule has 1 rings (SSSR count). The standard InChI is InChI=1S/C12H17NO2S/c14-7-4-8-16-10-12(15)13-9-11-5-2-1-3-6-11/h1-3,5-6,14H,4,7-10H2,(H,13,15). The lowest BCUT2D eigenvalue weighted by atomic mass is 10.2. The molecule has 0 aliphatic carbocycles. The number of rotatable bonds is 7. The average molecular weight is 239 g/mol. The molecule has 0 aliphatic heterocycles. The van der Waals surface area contributed by atoms with Gasteiger partial charge in [-0.25, -0.2) is 0 Å². The van der Waals surface area contributed by atoms with Crippen LogP contribution in [0.15, 0.2) is 30.3 Å². The summed E-state index contributed by atoms with van der Waals surface area (Å²) in [6, 6.07) is 9.84. The van der Waals surface area contributed by atoms with E-state index in [9.17, 15) is 4.79 Å². The lowest BCUT2D eigenvalue weighted by molar-refractivity contribution is -0.118. The van der Waals surface area contributed by atoms with Crippen molar-refractivity contribution in [3.8, 4) is 0 Å². The smallest absolute Gasteiger partial charge is 0.230 e. The first-order chi connectivity index (χ1) is 7.83. The van der Waals surface area contributed by atoms with Gasteiger partial charge in [-0.05, 0) is 17.7 Å². The lowest BCUT2D eigenvalue weighted by Crippen LogP contribution is -2.24. The number of carbonyl (C=O) groups is 1. The molecule has 4 heteroatoms. The van der Waals surface area contributed by atoms with Gasteiger partial charge in [0.05, 0.1) is 5.75 Å². The number of thioether (sulfide) groups is 1. The summed E-state index contributed by atoms with van der Waals surface area (Å²) in [5, 5.41) is 11.4. The van der Waals surface area contributed by atoms with Gasteiger partial charge in [0.25, 0.3) is 0 Å². The van der Waals surface area contributed by atoms with Crippen molar-refractivity contribution < 1.29 is 9.90 Å². The summed E-state index contributed by atoms with van der Waals surface area (Å²) in [6.07, 6.45) is 0.747. The minimum absolute atomic E-state index is 0.0480. The fourth-order valence-corrected chi connectivity index (χ4v) is 1.94. The van der Waals surface area contributed by atoms with Crippen LogP contribution in [0.2, 0.25) is 0 Å². The third kappa shape index (κ3) is 5.78. The van der Waals surface area contributed by atoms with Crippen LogP contribution in [0.1, 0.15) is 12.0 Å². The van der Waals surface area contributed by atoms with Crippen LogP contribution in [-0.2, 0) is 11.3 Å². The van der Waals surface area contributed by atoms with Gasteiger partial charge in [-0.1, -0.05) is 30.3 Å². The Balaban J connectivity index is 2.11. The van der Waals surface area contributed by atoms with Crippen LogP contribution in [0.25, 0.3) is 0 Å². The Morgan fingerprint density at radius 1 is 1.31 bits per heavy atom. The van der Waals surface area contributed by atoms with Gasteiger partial charge in [0.15, 0.2) is 0 Å². The van der Waals surface area contributed by atoms with Gasteiger partial charge in [-0.15, -0.1) is 0 Å². The van der Waals surface area contributed by atoms with Crippen molar-refractivity contribution in [3.63, 3.8) is 0 Å². The number of hydrogen-bond acceptors (Lipinski definition) is 3. The van der Waals surface area contributed by atoms with Crippen molar-refractivity contribution >= 4 is 17.7 Å². The van der Waals surface area contributed by atoms with E-state index in [-0.39, 0.29) is 12.5 Å². The van der Waals surface area contributed by atoms with Crippen molar-refractivity contribution in [1.82, 2.24) is 5.32 Å². The molecular weight excluding hydrogens is 222 g/mol. The fourth-order valence-electron chi connectivity index (χ4n) is 1.18. The van der Waals surface area contributed by atoms with Crippen LogP contribution in [0.4, 0.5) is 0 Å². The third-order valence-corrected chi connectivity index (χ3v) is 3.06. The summed E-state index contributed by atoms with van der Waals surface area (Å²) in [7, 11) is 0. The summed E-state index contributed by atoms with van der Waals surface area (Å²) in [5.74, 6) is 1.34. The van der Waals surface area contributed by atoms with E-state index in [2.05, 4.69) is 5.32 Å². The number of benzene rings is 1. The highest BCUT2D eigenvalue weighted by Crippen LogP contribution is 2.02. The second kappa shape index (κ2) is 8.19. The fraction of sp³-hybridized carbons (Fsp3) is 0.417. The van der Waals surface area contributed by atoms with E-state index in [0.717, 1.165) is 17.7 Å². The van der Waals surface area contributed by atoms with Crippen LogP contribution in [0, 0.1) is 0 Å². The number of aliphatic hydroxyl groups is 1. The highest BCUT2D eigenvalue weighted by atomic mass is 32.2. The number of amides is 1. The second-order valence-electron chi connectivity index (χ2n) is 3.39. The summed E-state index contributed by atoms with van der Waals surface area (Å²) in [4.78, 5) is 11.4. The molecule has 0 aliphatic rings. The predicted molar refractivity (Wildman–Crippen MR) is 67.3 cm³/mol. The maximum Gasteiger partial charge on any atom is 0.230 e. The minimum Gasteiger partial charge on any atom is -0.396 e. The monoisotopic (exact) mass is 239 g/mol.